The number of benzene rings is 1. The molecule has 2 aliphatic carbocycles. The molecule has 1 aromatic carbocycles. The van der Waals surface area contributed by atoms with Crippen LogP contribution in [-0.4, -0.2) is 29.4 Å². The average molecular weight is 418 g/mol. The molecule has 2 aromatic rings. The van der Waals surface area contributed by atoms with Crippen molar-refractivity contribution in [3.8, 4) is 5.75 Å². The maximum atomic E-state index is 12.2. The Bertz CT molecular complexity index is 952. The number of aromatic amines is 1. The highest BCUT2D eigenvalue weighted by Crippen LogP contribution is 2.64. The largest absolute Gasteiger partial charge is 0.482 e. The second-order valence-electron chi connectivity index (χ2n) is 7.81. The van der Waals surface area contributed by atoms with Gasteiger partial charge in [-0.2, -0.15) is 0 Å². The monoisotopic (exact) mass is 417 g/mol. The van der Waals surface area contributed by atoms with Crippen LogP contribution in [0.2, 0.25) is 0 Å². The van der Waals surface area contributed by atoms with Gasteiger partial charge in [-0.3, -0.25) is 4.79 Å². The molecule has 2 saturated carbocycles. The van der Waals surface area contributed by atoms with E-state index in [1.165, 1.54) is 30.6 Å². The molecule has 0 unspecified atom stereocenters. The van der Waals surface area contributed by atoms with Crippen LogP contribution in [0.5, 0.6) is 5.75 Å². The van der Waals surface area contributed by atoms with Crippen LogP contribution < -0.4 is 9.61 Å². The summed E-state index contributed by atoms with van der Waals surface area (Å²) in [5.74, 6) is 2.48. The second kappa shape index (κ2) is 7.26. The fourth-order valence-corrected chi connectivity index (χ4v) is 8.29. The van der Waals surface area contributed by atoms with E-state index in [9.17, 15) is 9.59 Å². The highest BCUT2D eigenvalue weighted by atomic mass is 32.2. The molecular weight excluding hydrogens is 394 g/mol. The molecular formula is C21H23NO4S2. The number of thioether (sulfide) groups is 1. The van der Waals surface area contributed by atoms with Gasteiger partial charge in [-0.05, 0) is 50.0 Å². The number of ether oxygens (including phenoxy) is 2. The Hall–Kier alpha value is -1.73. The molecule has 2 heterocycles. The van der Waals surface area contributed by atoms with Crippen LogP contribution in [-0.2, 0) is 9.53 Å². The summed E-state index contributed by atoms with van der Waals surface area (Å²) in [6.45, 7) is 2.04. The molecule has 148 valence electrons. The van der Waals surface area contributed by atoms with Gasteiger partial charge in [-0.1, -0.05) is 29.5 Å². The van der Waals surface area contributed by atoms with E-state index in [1.807, 2.05) is 30.0 Å². The first-order valence-electron chi connectivity index (χ1n) is 9.92. The molecule has 0 spiro atoms. The van der Waals surface area contributed by atoms with E-state index in [2.05, 4.69) is 11.1 Å². The predicted octanol–water partition coefficient (Wildman–Crippen LogP) is 4.03. The van der Waals surface area contributed by atoms with Crippen LogP contribution in [0.1, 0.15) is 42.5 Å². The molecule has 1 N–H and O–H groups in total. The van der Waals surface area contributed by atoms with Crippen molar-refractivity contribution in [1.29, 1.82) is 0 Å². The number of para-hydroxylation sites is 1. The van der Waals surface area contributed by atoms with Gasteiger partial charge in [0, 0.05) is 21.6 Å². The molecule has 0 saturated heterocycles. The number of carbonyl (C=O) groups is 1. The molecule has 1 aliphatic heterocycles. The van der Waals surface area contributed by atoms with Crippen LogP contribution in [0.15, 0.2) is 34.1 Å². The fourth-order valence-electron chi connectivity index (χ4n) is 5.41. The molecule has 0 amide bonds. The molecule has 5 atom stereocenters. The Balaban J connectivity index is 1.54. The lowest BCUT2D eigenvalue weighted by molar-refractivity contribution is -0.145. The van der Waals surface area contributed by atoms with Crippen molar-refractivity contribution >= 4 is 29.1 Å². The minimum Gasteiger partial charge on any atom is -0.482 e. The number of aromatic nitrogens is 1. The van der Waals surface area contributed by atoms with Gasteiger partial charge in [0.2, 0.25) is 0 Å². The predicted molar refractivity (Wildman–Crippen MR) is 109 cm³/mol. The van der Waals surface area contributed by atoms with E-state index in [0.29, 0.717) is 23.7 Å². The maximum Gasteiger partial charge on any atom is 0.344 e. The second-order valence-corrected chi connectivity index (χ2v) is 10.0. The molecule has 7 heteroatoms. The normalized spacial score (nSPS) is 30.0. The van der Waals surface area contributed by atoms with E-state index >= 15 is 0 Å². The smallest absolute Gasteiger partial charge is 0.344 e. The van der Waals surface area contributed by atoms with Crippen molar-refractivity contribution in [1.82, 2.24) is 4.98 Å². The van der Waals surface area contributed by atoms with Gasteiger partial charge >= 0.3 is 10.8 Å². The lowest BCUT2D eigenvalue weighted by Gasteiger charge is -2.40. The van der Waals surface area contributed by atoms with Crippen molar-refractivity contribution in [2.45, 2.75) is 42.4 Å². The standard InChI is InChI=1S/C21H23NO4S2/c1-2-25-15(23)10-26-14-6-4-3-5-13(14)17-16-11-7-8-12(9-11)18(16)27-20-19(17)28-21(24)22-20/h3-6,11-12,16-18H,2,7-10H2,1H3,(H,22,24)/t11-,12-,16-,17-,18+/m1/s1. The van der Waals surface area contributed by atoms with Crippen LogP contribution >= 0.6 is 23.1 Å². The number of nitrogens with one attached hydrogen (secondary N) is 1. The van der Waals surface area contributed by atoms with Gasteiger partial charge in [-0.25, -0.2) is 4.79 Å². The first-order valence-corrected chi connectivity index (χ1v) is 11.6. The number of carbonyl (C=O) groups excluding carboxylic acids is 1. The van der Waals surface area contributed by atoms with Crippen molar-refractivity contribution in [3.63, 3.8) is 0 Å². The lowest BCUT2D eigenvalue weighted by atomic mass is 9.74. The van der Waals surface area contributed by atoms with E-state index < -0.39 is 0 Å². The third-order valence-electron chi connectivity index (χ3n) is 6.37. The van der Waals surface area contributed by atoms with Gasteiger partial charge in [0.25, 0.3) is 0 Å². The summed E-state index contributed by atoms with van der Waals surface area (Å²) in [5, 5.41) is 1.59. The summed E-state index contributed by atoms with van der Waals surface area (Å²) < 4.78 is 10.9. The molecule has 5 nitrogen and oxygen atoms in total. The van der Waals surface area contributed by atoms with E-state index in [4.69, 9.17) is 9.47 Å². The zero-order valence-corrected chi connectivity index (χ0v) is 17.3. The van der Waals surface area contributed by atoms with Gasteiger partial charge in [0.1, 0.15) is 5.75 Å². The van der Waals surface area contributed by atoms with Crippen LogP contribution in [0.25, 0.3) is 0 Å². The minimum absolute atomic E-state index is 0.0137. The molecule has 2 bridgehead atoms. The average Bonchev–Trinajstić information content (AvgIpc) is 3.39. The Kier molecular flexibility index (Phi) is 4.75. The third kappa shape index (κ3) is 2.99. The summed E-state index contributed by atoms with van der Waals surface area (Å²) in [6.07, 6.45) is 3.88. The van der Waals surface area contributed by atoms with Crippen molar-refractivity contribution in [3.05, 3.63) is 44.4 Å². The molecule has 5 rings (SSSR count). The maximum absolute atomic E-state index is 12.2. The Morgan fingerprint density at radius 3 is 2.93 bits per heavy atom. The van der Waals surface area contributed by atoms with Gasteiger partial charge < -0.3 is 14.5 Å². The van der Waals surface area contributed by atoms with Gasteiger partial charge in [0.15, 0.2) is 6.61 Å². The van der Waals surface area contributed by atoms with Gasteiger partial charge in [0.05, 0.1) is 11.6 Å². The Morgan fingerprint density at radius 2 is 2.07 bits per heavy atom. The zero-order chi connectivity index (χ0) is 19.3. The Labute approximate surface area is 171 Å². The van der Waals surface area contributed by atoms with Crippen molar-refractivity contribution < 1.29 is 14.3 Å². The van der Waals surface area contributed by atoms with Crippen LogP contribution in [0.3, 0.4) is 0 Å². The number of H-pyrrole nitrogens is 1. The highest BCUT2D eigenvalue weighted by molar-refractivity contribution is 8.00. The third-order valence-corrected chi connectivity index (χ3v) is 8.99. The summed E-state index contributed by atoms with van der Waals surface area (Å²) >= 11 is 3.21. The minimum atomic E-state index is -0.360. The van der Waals surface area contributed by atoms with Crippen molar-refractivity contribution in [2.75, 3.05) is 13.2 Å². The van der Waals surface area contributed by atoms with Gasteiger partial charge in [-0.15, -0.1) is 11.8 Å². The van der Waals surface area contributed by atoms with E-state index in [0.717, 1.165) is 27.1 Å². The molecule has 0 radical (unpaired) electrons. The highest BCUT2D eigenvalue weighted by Gasteiger charge is 2.55. The van der Waals surface area contributed by atoms with E-state index in [1.54, 1.807) is 6.92 Å². The van der Waals surface area contributed by atoms with E-state index in [-0.39, 0.29) is 23.4 Å². The summed E-state index contributed by atoms with van der Waals surface area (Å²) in [4.78, 5) is 28.2. The first kappa shape index (κ1) is 18.3. The quantitative estimate of drug-likeness (QED) is 0.744. The number of hydrogen-bond donors (Lipinski definition) is 1. The Morgan fingerprint density at radius 1 is 1.25 bits per heavy atom. The molecule has 3 aliphatic rings. The molecule has 1 aromatic heterocycles. The lowest BCUT2D eigenvalue weighted by Crippen LogP contribution is -2.34. The summed E-state index contributed by atoms with van der Waals surface area (Å²) in [7, 11) is 0. The molecule has 2 fully saturated rings. The number of thiazole rings is 1. The number of hydrogen-bond acceptors (Lipinski definition) is 6. The molecule has 28 heavy (non-hydrogen) atoms. The van der Waals surface area contributed by atoms with Crippen molar-refractivity contribution in [2.24, 2.45) is 17.8 Å². The zero-order valence-electron chi connectivity index (χ0n) is 15.7. The summed E-state index contributed by atoms with van der Waals surface area (Å²) in [6, 6.07) is 7.97. The number of esters is 1. The fraction of sp³-hybridized carbons (Fsp3) is 0.524. The number of fused-ring (bicyclic) bond motifs is 6. The van der Waals surface area contributed by atoms with Crippen LogP contribution in [0.4, 0.5) is 0 Å². The first-order chi connectivity index (χ1) is 13.7. The summed E-state index contributed by atoms with van der Waals surface area (Å²) in [5.41, 5.74) is 1.09. The SMILES string of the molecule is CCOC(=O)COc1ccccc1[C@H]1c2sc(=O)[nH]c2S[C@H]2[C@@H]3CC[C@H](C3)[C@H]12. The topological polar surface area (TPSA) is 68.4 Å². The van der Waals surface area contributed by atoms with Crippen LogP contribution in [0, 0.1) is 17.8 Å². The number of rotatable bonds is 5.